The van der Waals surface area contributed by atoms with Gasteiger partial charge < -0.3 is 15.0 Å². The molecule has 4 heteroatoms. The Labute approximate surface area is 101 Å². The molecule has 0 amide bonds. The molecule has 0 spiro atoms. The van der Waals surface area contributed by atoms with Crippen LogP contribution in [-0.4, -0.2) is 16.7 Å². The Morgan fingerprint density at radius 3 is 2.41 bits per heavy atom. The summed E-state index contributed by atoms with van der Waals surface area (Å²) >= 11 is 0. The van der Waals surface area contributed by atoms with Crippen molar-refractivity contribution in [3.63, 3.8) is 0 Å². The molecule has 2 N–H and O–H groups in total. The molecule has 0 saturated heterocycles. The SMILES string of the molecule is COc1ccc(-c2c(C)nc(CN)n2C)cc1. The van der Waals surface area contributed by atoms with Gasteiger partial charge in [0, 0.05) is 12.6 Å². The lowest BCUT2D eigenvalue weighted by Gasteiger charge is -2.07. The molecule has 1 aromatic carbocycles. The molecule has 2 rings (SSSR count). The van der Waals surface area contributed by atoms with Crippen molar-refractivity contribution < 1.29 is 4.74 Å². The summed E-state index contributed by atoms with van der Waals surface area (Å²) < 4.78 is 7.19. The maximum absolute atomic E-state index is 5.65. The molecular weight excluding hydrogens is 214 g/mol. The fourth-order valence-corrected chi connectivity index (χ4v) is 2.03. The Bertz CT molecular complexity index is 514. The number of hydrogen-bond acceptors (Lipinski definition) is 3. The standard InChI is InChI=1S/C13H17N3O/c1-9-13(16(2)12(8-14)15-9)10-4-6-11(17-3)7-5-10/h4-7H,8,14H2,1-3H3. The minimum atomic E-state index is 0.452. The second kappa shape index (κ2) is 4.59. The fraction of sp³-hybridized carbons (Fsp3) is 0.308. The first-order valence-electron chi connectivity index (χ1n) is 5.54. The molecule has 0 aliphatic rings. The number of aryl methyl sites for hydroxylation is 1. The minimum absolute atomic E-state index is 0.452. The van der Waals surface area contributed by atoms with Crippen LogP contribution in [-0.2, 0) is 13.6 Å². The van der Waals surface area contributed by atoms with E-state index in [2.05, 4.69) is 4.98 Å². The van der Waals surface area contributed by atoms with E-state index in [1.54, 1.807) is 7.11 Å². The molecule has 1 aromatic heterocycles. The van der Waals surface area contributed by atoms with Crippen LogP contribution < -0.4 is 10.5 Å². The number of benzene rings is 1. The number of aromatic nitrogens is 2. The zero-order valence-corrected chi connectivity index (χ0v) is 10.4. The van der Waals surface area contributed by atoms with Gasteiger partial charge in [-0.2, -0.15) is 0 Å². The zero-order chi connectivity index (χ0) is 12.4. The lowest BCUT2D eigenvalue weighted by molar-refractivity contribution is 0.415. The van der Waals surface area contributed by atoms with Crippen molar-refractivity contribution in [3.8, 4) is 17.0 Å². The molecule has 17 heavy (non-hydrogen) atoms. The predicted octanol–water partition coefficient (Wildman–Crippen LogP) is 1.86. The fourth-order valence-electron chi connectivity index (χ4n) is 2.03. The summed E-state index contributed by atoms with van der Waals surface area (Å²) in [6, 6.07) is 7.96. The Hall–Kier alpha value is -1.81. The van der Waals surface area contributed by atoms with Crippen LogP contribution in [0.25, 0.3) is 11.3 Å². The van der Waals surface area contributed by atoms with Crippen LogP contribution in [0.15, 0.2) is 24.3 Å². The van der Waals surface area contributed by atoms with Gasteiger partial charge in [0.2, 0.25) is 0 Å². The summed E-state index contributed by atoms with van der Waals surface area (Å²) in [6.07, 6.45) is 0. The van der Waals surface area contributed by atoms with E-state index < -0.39 is 0 Å². The molecule has 0 radical (unpaired) electrons. The quantitative estimate of drug-likeness (QED) is 0.877. The van der Waals surface area contributed by atoms with E-state index >= 15 is 0 Å². The smallest absolute Gasteiger partial charge is 0.122 e. The highest BCUT2D eigenvalue weighted by Gasteiger charge is 2.12. The Morgan fingerprint density at radius 1 is 1.29 bits per heavy atom. The number of nitrogens with zero attached hydrogens (tertiary/aromatic N) is 2. The van der Waals surface area contributed by atoms with E-state index in [1.165, 1.54) is 0 Å². The monoisotopic (exact) mass is 231 g/mol. The van der Waals surface area contributed by atoms with Crippen LogP contribution in [0.5, 0.6) is 5.75 Å². The lowest BCUT2D eigenvalue weighted by atomic mass is 10.1. The van der Waals surface area contributed by atoms with Gasteiger partial charge >= 0.3 is 0 Å². The Balaban J connectivity index is 2.48. The van der Waals surface area contributed by atoms with Crippen LogP contribution in [0.4, 0.5) is 0 Å². The van der Waals surface area contributed by atoms with Crippen molar-refractivity contribution in [2.75, 3.05) is 7.11 Å². The number of hydrogen-bond donors (Lipinski definition) is 1. The molecule has 0 bridgehead atoms. The minimum Gasteiger partial charge on any atom is -0.497 e. The average molecular weight is 231 g/mol. The number of nitrogens with two attached hydrogens (primary N) is 1. The van der Waals surface area contributed by atoms with Crippen LogP contribution >= 0.6 is 0 Å². The first-order valence-corrected chi connectivity index (χ1v) is 5.54. The first-order chi connectivity index (χ1) is 8.17. The average Bonchev–Trinajstić information content (AvgIpc) is 2.64. The predicted molar refractivity (Wildman–Crippen MR) is 67.8 cm³/mol. The van der Waals surface area contributed by atoms with Gasteiger partial charge in [-0.05, 0) is 31.2 Å². The number of methoxy groups -OCH3 is 1. The van der Waals surface area contributed by atoms with Crippen LogP contribution in [0, 0.1) is 6.92 Å². The van der Waals surface area contributed by atoms with Crippen LogP contribution in [0.2, 0.25) is 0 Å². The summed E-state index contributed by atoms with van der Waals surface area (Å²) in [6.45, 7) is 2.45. The maximum Gasteiger partial charge on any atom is 0.122 e. The number of ether oxygens (including phenoxy) is 1. The van der Waals surface area contributed by atoms with Crippen molar-refractivity contribution in [1.29, 1.82) is 0 Å². The van der Waals surface area contributed by atoms with Gasteiger partial charge in [-0.15, -0.1) is 0 Å². The third-order valence-corrected chi connectivity index (χ3v) is 2.91. The molecule has 0 aliphatic carbocycles. The van der Waals surface area contributed by atoms with Gasteiger partial charge in [0.15, 0.2) is 0 Å². The van der Waals surface area contributed by atoms with Gasteiger partial charge in [-0.25, -0.2) is 4.98 Å². The molecule has 0 atom stereocenters. The summed E-state index contributed by atoms with van der Waals surface area (Å²) in [7, 11) is 3.65. The second-order valence-electron chi connectivity index (χ2n) is 3.95. The van der Waals surface area contributed by atoms with Crippen molar-refractivity contribution in [2.45, 2.75) is 13.5 Å². The highest BCUT2D eigenvalue weighted by atomic mass is 16.5. The van der Waals surface area contributed by atoms with Crippen molar-refractivity contribution in [2.24, 2.45) is 12.8 Å². The highest BCUT2D eigenvalue weighted by molar-refractivity contribution is 5.63. The molecule has 0 unspecified atom stereocenters. The van der Waals surface area contributed by atoms with E-state index in [0.29, 0.717) is 6.54 Å². The summed E-state index contributed by atoms with van der Waals surface area (Å²) in [5.41, 5.74) is 8.88. The molecule has 0 aliphatic heterocycles. The second-order valence-corrected chi connectivity index (χ2v) is 3.95. The molecule has 0 saturated carbocycles. The normalized spacial score (nSPS) is 10.6. The largest absolute Gasteiger partial charge is 0.497 e. The third-order valence-electron chi connectivity index (χ3n) is 2.91. The highest BCUT2D eigenvalue weighted by Crippen LogP contribution is 2.25. The maximum atomic E-state index is 5.65. The van der Waals surface area contributed by atoms with Crippen LogP contribution in [0.1, 0.15) is 11.5 Å². The van der Waals surface area contributed by atoms with Gasteiger partial charge in [-0.1, -0.05) is 0 Å². The van der Waals surface area contributed by atoms with Gasteiger partial charge in [0.25, 0.3) is 0 Å². The molecule has 90 valence electrons. The topological polar surface area (TPSA) is 53.1 Å². The van der Waals surface area contributed by atoms with Crippen molar-refractivity contribution in [3.05, 3.63) is 35.8 Å². The van der Waals surface area contributed by atoms with Crippen molar-refractivity contribution >= 4 is 0 Å². The molecule has 4 nitrogen and oxygen atoms in total. The van der Waals surface area contributed by atoms with E-state index in [9.17, 15) is 0 Å². The van der Waals surface area contributed by atoms with E-state index in [1.807, 2.05) is 42.8 Å². The molecule has 0 fully saturated rings. The Kier molecular flexibility index (Phi) is 3.15. The van der Waals surface area contributed by atoms with E-state index in [-0.39, 0.29) is 0 Å². The van der Waals surface area contributed by atoms with Gasteiger partial charge in [-0.3, -0.25) is 0 Å². The molecule has 1 heterocycles. The number of rotatable bonds is 3. The number of imidazole rings is 1. The first kappa shape index (κ1) is 11.7. The zero-order valence-electron chi connectivity index (χ0n) is 10.4. The van der Waals surface area contributed by atoms with Gasteiger partial charge in [0.1, 0.15) is 11.6 Å². The van der Waals surface area contributed by atoms with E-state index in [4.69, 9.17) is 10.5 Å². The summed E-state index contributed by atoms with van der Waals surface area (Å²) in [5.74, 6) is 1.75. The Morgan fingerprint density at radius 2 is 1.94 bits per heavy atom. The third kappa shape index (κ3) is 2.03. The van der Waals surface area contributed by atoms with Crippen LogP contribution in [0.3, 0.4) is 0 Å². The van der Waals surface area contributed by atoms with Gasteiger partial charge in [0.05, 0.1) is 25.0 Å². The van der Waals surface area contributed by atoms with Crippen molar-refractivity contribution in [1.82, 2.24) is 9.55 Å². The molecule has 2 aromatic rings. The summed E-state index contributed by atoms with van der Waals surface area (Å²) in [5, 5.41) is 0. The van der Waals surface area contributed by atoms with E-state index in [0.717, 1.165) is 28.5 Å². The summed E-state index contributed by atoms with van der Waals surface area (Å²) in [4.78, 5) is 4.45. The molecular formula is C13H17N3O. The lowest BCUT2D eigenvalue weighted by Crippen LogP contribution is -2.05.